The summed E-state index contributed by atoms with van der Waals surface area (Å²) in [6.07, 6.45) is 1.51. The Morgan fingerprint density at radius 3 is 2.52 bits per heavy atom. The van der Waals surface area contributed by atoms with Gasteiger partial charge in [0.2, 0.25) is 11.8 Å². The van der Waals surface area contributed by atoms with E-state index in [4.69, 9.17) is 14.2 Å². The lowest BCUT2D eigenvalue weighted by Gasteiger charge is -2.34. The summed E-state index contributed by atoms with van der Waals surface area (Å²) >= 11 is 0. The number of methoxy groups -OCH3 is 3. The van der Waals surface area contributed by atoms with E-state index in [1.807, 2.05) is 49.4 Å². The zero-order chi connectivity index (χ0) is 22.4. The van der Waals surface area contributed by atoms with E-state index in [-0.39, 0.29) is 11.8 Å². The highest BCUT2D eigenvalue weighted by atomic mass is 16.5. The van der Waals surface area contributed by atoms with Gasteiger partial charge in [0.1, 0.15) is 11.3 Å². The van der Waals surface area contributed by atoms with Crippen LogP contribution in [0.5, 0.6) is 17.2 Å². The van der Waals surface area contributed by atoms with Crippen molar-refractivity contribution in [3.05, 3.63) is 53.6 Å². The monoisotopic (exact) mass is 426 g/mol. The summed E-state index contributed by atoms with van der Waals surface area (Å²) in [7, 11) is 4.80. The molecule has 1 unspecified atom stereocenters. The third kappa shape index (κ3) is 4.93. The molecule has 2 amide bonds. The summed E-state index contributed by atoms with van der Waals surface area (Å²) in [5.41, 5.74) is 1.08. The van der Waals surface area contributed by atoms with Gasteiger partial charge < -0.3 is 24.4 Å². The largest absolute Gasteiger partial charge is 0.497 e. The lowest BCUT2D eigenvalue weighted by molar-refractivity contribution is -0.141. The minimum atomic E-state index is -0.877. The average Bonchev–Trinajstić information content (AvgIpc) is 3.08. The molecule has 1 heterocycles. The van der Waals surface area contributed by atoms with Crippen molar-refractivity contribution in [2.45, 2.75) is 38.3 Å². The second-order valence-corrected chi connectivity index (χ2v) is 7.80. The second kappa shape index (κ2) is 9.73. The van der Waals surface area contributed by atoms with Crippen LogP contribution in [-0.4, -0.2) is 50.1 Å². The van der Waals surface area contributed by atoms with Gasteiger partial charge in [-0.25, -0.2) is 0 Å². The summed E-state index contributed by atoms with van der Waals surface area (Å²) in [5, 5.41) is 3.01. The van der Waals surface area contributed by atoms with Crippen molar-refractivity contribution in [3.8, 4) is 17.2 Å². The molecule has 0 radical (unpaired) electrons. The molecule has 166 valence electrons. The van der Waals surface area contributed by atoms with E-state index >= 15 is 0 Å². The standard InChI is InChI=1S/C24H30N2O5/c1-24(12-10-22(27)26(24)16-18-6-5-7-19(14-18)29-2)23(28)25-13-11-17-8-9-20(30-3)21(15-17)31-4/h5-9,14-15H,10-13,16H2,1-4H3,(H,25,28). The summed E-state index contributed by atoms with van der Waals surface area (Å²) in [5.74, 6) is 1.90. The van der Waals surface area contributed by atoms with E-state index < -0.39 is 5.54 Å². The Morgan fingerprint density at radius 2 is 1.81 bits per heavy atom. The first-order valence-electron chi connectivity index (χ1n) is 10.3. The number of hydrogen-bond acceptors (Lipinski definition) is 5. The molecular formula is C24H30N2O5. The fourth-order valence-corrected chi connectivity index (χ4v) is 3.89. The molecule has 1 saturated heterocycles. The quantitative estimate of drug-likeness (QED) is 0.667. The van der Waals surface area contributed by atoms with Crippen molar-refractivity contribution in [3.63, 3.8) is 0 Å². The smallest absolute Gasteiger partial charge is 0.245 e. The van der Waals surface area contributed by atoms with Crippen molar-refractivity contribution < 1.29 is 23.8 Å². The van der Waals surface area contributed by atoms with Crippen LogP contribution in [0, 0.1) is 0 Å². The molecule has 1 aliphatic heterocycles. The third-order valence-electron chi connectivity index (χ3n) is 5.83. The molecule has 3 rings (SSSR count). The maximum Gasteiger partial charge on any atom is 0.245 e. The Labute approximate surface area is 183 Å². The van der Waals surface area contributed by atoms with Gasteiger partial charge in [0.25, 0.3) is 0 Å². The van der Waals surface area contributed by atoms with Gasteiger partial charge in [-0.3, -0.25) is 9.59 Å². The van der Waals surface area contributed by atoms with Gasteiger partial charge in [-0.1, -0.05) is 18.2 Å². The summed E-state index contributed by atoms with van der Waals surface area (Å²) < 4.78 is 15.9. The second-order valence-electron chi connectivity index (χ2n) is 7.80. The predicted octanol–water partition coefficient (Wildman–Crippen LogP) is 2.95. The van der Waals surface area contributed by atoms with Crippen LogP contribution < -0.4 is 19.5 Å². The molecule has 0 spiro atoms. The van der Waals surface area contributed by atoms with Crippen LogP contribution >= 0.6 is 0 Å². The Morgan fingerprint density at radius 1 is 1.03 bits per heavy atom. The number of rotatable bonds is 9. The number of likely N-dealkylation sites (tertiary alicyclic amines) is 1. The van der Waals surface area contributed by atoms with Gasteiger partial charge in [-0.2, -0.15) is 0 Å². The Kier molecular flexibility index (Phi) is 7.05. The van der Waals surface area contributed by atoms with Crippen molar-refractivity contribution in [1.82, 2.24) is 10.2 Å². The highest BCUT2D eigenvalue weighted by Gasteiger charge is 2.47. The first kappa shape index (κ1) is 22.5. The van der Waals surface area contributed by atoms with Crippen molar-refractivity contribution >= 4 is 11.8 Å². The third-order valence-corrected chi connectivity index (χ3v) is 5.83. The van der Waals surface area contributed by atoms with Crippen LogP contribution in [0.4, 0.5) is 0 Å². The molecule has 1 N–H and O–H groups in total. The fraction of sp³-hybridized carbons (Fsp3) is 0.417. The van der Waals surface area contributed by atoms with E-state index in [9.17, 15) is 9.59 Å². The molecule has 0 aromatic heterocycles. The van der Waals surface area contributed by atoms with Crippen LogP contribution in [0.3, 0.4) is 0 Å². The number of carbonyl (C=O) groups is 2. The highest BCUT2D eigenvalue weighted by molar-refractivity contribution is 5.94. The summed E-state index contributed by atoms with van der Waals surface area (Å²) in [6.45, 7) is 2.67. The molecule has 7 heteroatoms. The van der Waals surface area contributed by atoms with Gasteiger partial charge in [-0.05, 0) is 55.2 Å². The molecule has 7 nitrogen and oxygen atoms in total. The molecular weight excluding hydrogens is 396 g/mol. The lowest BCUT2D eigenvalue weighted by Crippen LogP contribution is -2.54. The topological polar surface area (TPSA) is 77.1 Å². The molecule has 31 heavy (non-hydrogen) atoms. The molecule has 2 aromatic carbocycles. The van der Waals surface area contributed by atoms with Crippen LogP contribution in [0.25, 0.3) is 0 Å². The Bertz CT molecular complexity index is 945. The number of benzene rings is 2. The molecule has 0 bridgehead atoms. The van der Waals surface area contributed by atoms with E-state index in [0.717, 1.165) is 16.9 Å². The zero-order valence-electron chi connectivity index (χ0n) is 18.6. The number of amides is 2. The SMILES string of the molecule is COc1cccc(CN2C(=O)CCC2(C)C(=O)NCCc2ccc(OC)c(OC)c2)c1. The Balaban J connectivity index is 1.64. The van der Waals surface area contributed by atoms with Gasteiger partial charge >= 0.3 is 0 Å². The molecule has 0 saturated carbocycles. The number of ether oxygens (including phenoxy) is 3. The highest BCUT2D eigenvalue weighted by Crippen LogP contribution is 2.32. The van der Waals surface area contributed by atoms with Crippen LogP contribution in [-0.2, 0) is 22.6 Å². The first-order valence-corrected chi connectivity index (χ1v) is 10.3. The lowest BCUT2D eigenvalue weighted by atomic mass is 9.97. The molecule has 1 fully saturated rings. The van der Waals surface area contributed by atoms with E-state index in [0.29, 0.717) is 43.9 Å². The number of hydrogen-bond donors (Lipinski definition) is 1. The minimum Gasteiger partial charge on any atom is -0.497 e. The van der Waals surface area contributed by atoms with Crippen molar-refractivity contribution in [1.29, 1.82) is 0 Å². The first-order chi connectivity index (χ1) is 14.9. The maximum absolute atomic E-state index is 13.1. The molecule has 0 aliphatic carbocycles. The minimum absolute atomic E-state index is 0.0136. The van der Waals surface area contributed by atoms with E-state index in [1.54, 1.807) is 26.2 Å². The van der Waals surface area contributed by atoms with E-state index in [1.165, 1.54) is 0 Å². The average molecular weight is 427 g/mol. The number of nitrogens with one attached hydrogen (secondary N) is 1. The van der Waals surface area contributed by atoms with E-state index in [2.05, 4.69) is 5.32 Å². The van der Waals surface area contributed by atoms with Crippen molar-refractivity contribution in [2.75, 3.05) is 27.9 Å². The summed E-state index contributed by atoms with van der Waals surface area (Å²) in [6, 6.07) is 13.3. The number of carbonyl (C=O) groups excluding carboxylic acids is 2. The van der Waals surface area contributed by atoms with Crippen LogP contribution in [0.15, 0.2) is 42.5 Å². The van der Waals surface area contributed by atoms with Gasteiger partial charge in [0.15, 0.2) is 11.5 Å². The van der Waals surface area contributed by atoms with Gasteiger partial charge in [-0.15, -0.1) is 0 Å². The Hall–Kier alpha value is -3.22. The van der Waals surface area contributed by atoms with Crippen LogP contribution in [0.1, 0.15) is 30.9 Å². The zero-order valence-corrected chi connectivity index (χ0v) is 18.6. The van der Waals surface area contributed by atoms with Crippen molar-refractivity contribution in [2.24, 2.45) is 0 Å². The van der Waals surface area contributed by atoms with Gasteiger partial charge in [0.05, 0.1) is 21.3 Å². The molecule has 1 atom stereocenters. The predicted molar refractivity (Wildman–Crippen MR) is 117 cm³/mol. The number of nitrogens with zero attached hydrogens (tertiary/aromatic N) is 1. The summed E-state index contributed by atoms with van der Waals surface area (Å²) in [4.78, 5) is 27.3. The normalized spacial score (nSPS) is 18.1. The molecule has 1 aliphatic rings. The van der Waals surface area contributed by atoms with Crippen LogP contribution in [0.2, 0.25) is 0 Å². The van der Waals surface area contributed by atoms with Gasteiger partial charge in [0, 0.05) is 19.5 Å². The fourth-order valence-electron chi connectivity index (χ4n) is 3.89. The molecule has 2 aromatic rings. The maximum atomic E-state index is 13.1.